The van der Waals surface area contributed by atoms with Crippen LogP contribution in [0.3, 0.4) is 0 Å². The number of rotatable bonds is 3. The van der Waals surface area contributed by atoms with Crippen LogP contribution in [0.25, 0.3) is 0 Å². The molecule has 1 aromatic carbocycles. The SMILES string of the molecule is C[C@@H]1CN(C(=O)CNC(=O)c2cccc(Cl)c2)CCN1.Cl. The van der Waals surface area contributed by atoms with Gasteiger partial charge in [-0.3, -0.25) is 9.59 Å². The van der Waals surface area contributed by atoms with Crippen LogP contribution in [0.15, 0.2) is 24.3 Å². The second-order valence-electron chi connectivity index (χ2n) is 4.89. The quantitative estimate of drug-likeness (QED) is 0.877. The smallest absolute Gasteiger partial charge is 0.251 e. The largest absolute Gasteiger partial charge is 0.343 e. The molecule has 0 unspecified atom stereocenters. The van der Waals surface area contributed by atoms with Crippen molar-refractivity contribution in [2.45, 2.75) is 13.0 Å². The van der Waals surface area contributed by atoms with Gasteiger partial charge >= 0.3 is 0 Å². The van der Waals surface area contributed by atoms with Crippen LogP contribution in [-0.4, -0.2) is 48.9 Å². The molecule has 0 radical (unpaired) electrons. The Morgan fingerprint density at radius 3 is 2.90 bits per heavy atom. The number of halogens is 2. The molecule has 1 atom stereocenters. The molecule has 21 heavy (non-hydrogen) atoms. The molecule has 1 aliphatic heterocycles. The number of carbonyl (C=O) groups is 2. The Morgan fingerprint density at radius 1 is 1.48 bits per heavy atom. The maximum Gasteiger partial charge on any atom is 0.251 e. The fourth-order valence-electron chi connectivity index (χ4n) is 2.16. The normalized spacial score (nSPS) is 17.8. The minimum atomic E-state index is -0.288. The van der Waals surface area contributed by atoms with Gasteiger partial charge in [-0.05, 0) is 25.1 Å². The topological polar surface area (TPSA) is 61.4 Å². The summed E-state index contributed by atoms with van der Waals surface area (Å²) >= 11 is 5.83. The van der Waals surface area contributed by atoms with Gasteiger partial charge < -0.3 is 15.5 Å². The van der Waals surface area contributed by atoms with Crippen molar-refractivity contribution in [1.82, 2.24) is 15.5 Å². The Kier molecular flexibility index (Phi) is 6.95. The average Bonchev–Trinajstić information content (AvgIpc) is 2.44. The second kappa shape index (κ2) is 8.22. The lowest BCUT2D eigenvalue weighted by Crippen LogP contribution is -2.53. The molecule has 0 bridgehead atoms. The van der Waals surface area contributed by atoms with E-state index in [4.69, 9.17) is 11.6 Å². The Hall–Kier alpha value is -1.30. The molecule has 0 saturated carbocycles. The molecule has 2 N–H and O–H groups in total. The van der Waals surface area contributed by atoms with Gasteiger partial charge in [0.15, 0.2) is 0 Å². The van der Waals surface area contributed by atoms with Crippen LogP contribution in [0.4, 0.5) is 0 Å². The summed E-state index contributed by atoms with van der Waals surface area (Å²) in [4.78, 5) is 25.7. The van der Waals surface area contributed by atoms with Gasteiger partial charge in [0.05, 0.1) is 6.54 Å². The summed E-state index contributed by atoms with van der Waals surface area (Å²) in [6.45, 7) is 4.18. The van der Waals surface area contributed by atoms with Gasteiger partial charge in [-0.25, -0.2) is 0 Å². The highest BCUT2D eigenvalue weighted by Gasteiger charge is 2.20. The zero-order valence-electron chi connectivity index (χ0n) is 11.8. The summed E-state index contributed by atoms with van der Waals surface area (Å²) in [6, 6.07) is 6.94. The third kappa shape index (κ3) is 5.19. The van der Waals surface area contributed by atoms with Crippen molar-refractivity contribution in [2.75, 3.05) is 26.2 Å². The molecule has 5 nitrogen and oxygen atoms in total. The maximum absolute atomic E-state index is 12.0. The molecule has 1 fully saturated rings. The van der Waals surface area contributed by atoms with Gasteiger partial charge in [-0.2, -0.15) is 0 Å². The van der Waals surface area contributed by atoms with Crippen LogP contribution in [0.1, 0.15) is 17.3 Å². The number of nitrogens with one attached hydrogen (secondary N) is 2. The molecule has 1 saturated heterocycles. The minimum Gasteiger partial charge on any atom is -0.343 e. The minimum absolute atomic E-state index is 0. The number of carbonyl (C=O) groups excluding carboxylic acids is 2. The first kappa shape index (κ1) is 17.8. The van der Waals surface area contributed by atoms with Crippen LogP contribution in [0, 0.1) is 0 Å². The van der Waals surface area contributed by atoms with Crippen LogP contribution in [0.5, 0.6) is 0 Å². The van der Waals surface area contributed by atoms with Gasteiger partial charge in [-0.1, -0.05) is 17.7 Å². The van der Waals surface area contributed by atoms with Crippen LogP contribution >= 0.6 is 24.0 Å². The molecule has 1 heterocycles. The van der Waals surface area contributed by atoms with Crippen molar-refractivity contribution in [3.63, 3.8) is 0 Å². The van der Waals surface area contributed by atoms with Gasteiger partial charge in [0.2, 0.25) is 5.91 Å². The highest BCUT2D eigenvalue weighted by Crippen LogP contribution is 2.10. The number of piperazine rings is 1. The van der Waals surface area contributed by atoms with Gasteiger partial charge in [0.25, 0.3) is 5.91 Å². The van der Waals surface area contributed by atoms with E-state index in [1.807, 2.05) is 6.92 Å². The predicted octanol–water partition coefficient (Wildman–Crippen LogP) is 1.31. The molecule has 1 aliphatic rings. The summed E-state index contributed by atoms with van der Waals surface area (Å²) in [7, 11) is 0. The lowest BCUT2D eigenvalue weighted by molar-refractivity contribution is -0.131. The first-order valence-corrected chi connectivity index (χ1v) is 6.99. The van der Waals surface area contributed by atoms with Crippen molar-refractivity contribution in [3.05, 3.63) is 34.9 Å². The van der Waals surface area contributed by atoms with E-state index in [9.17, 15) is 9.59 Å². The fourth-order valence-corrected chi connectivity index (χ4v) is 2.35. The summed E-state index contributed by atoms with van der Waals surface area (Å²) in [6.07, 6.45) is 0. The molecule has 116 valence electrons. The summed E-state index contributed by atoms with van der Waals surface area (Å²) in [5.74, 6) is -0.349. The van der Waals surface area contributed by atoms with E-state index in [-0.39, 0.29) is 36.8 Å². The number of nitrogens with zero attached hydrogens (tertiary/aromatic N) is 1. The predicted molar refractivity (Wildman–Crippen MR) is 85.1 cm³/mol. The molecular formula is C14H19Cl2N3O2. The van der Waals surface area contributed by atoms with Gasteiger partial charge in [0, 0.05) is 36.3 Å². The van der Waals surface area contributed by atoms with E-state index in [0.717, 1.165) is 6.54 Å². The zero-order chi connectivity index (χ0) is 14.5. The Morgan fingerprint density at radius 2 is 2.24 bits per heavy atom. The van der Waals surface area contributed by atoms with Crippen LogP contribution in [0.2, 0.25) is 5.02 Å². The number of hydrogen-bond donors (Lipinski definition) is 2. The summed E-state index contributed by atoms with van der Waals surface area (Å²) in [5, 5.41) is 6.40. The molecule has 0 aliphatic carbocycles. The van der Waals surface area contributed by atoms with Crippen molar-refractivity contribution in [3.8, 4) is 0 Å². The van der Waals surface area contributed by atoms with E-state index >= 15 is 0 Å². The summed E-state index contributed by atoms with van der Waals surface area (Å²) < 4.78 is 0. The Bertz CT molecular complexity index is 511. The lowest BCUT2D eigenvalue weighted by Gasteiger charge is -2.31. The van der Waals surface area contributed by atoms with E-state index in [0.29, 0.717) is 23.7 Å². The highest BCUT2D eigenvalue weighted by molar-refractivity contribution is 6.30. The van der Waals surface area contributed by atoms with E-state index in [1.54, 1.807) is 29.2 Å². The monoisotopic (exact) mass is 331 g/mol. The lowest BCUT2D eigenvalue weighted by atomic mass is 10.2. The standard InChI is InChI=1S/C14H18ClN3O2.ClH/c1-10-9-18(6-5-16-10)13(19)8-17-14(20)11-3-2-4-12(15)7-11;/h2-4,7,10,16H,5-6,8-9H2,1H3,(H,17,20);1H/t10-;/m1./s1. The Labute approximate surface area is 135 Å². The van der Waals surface area contributed by atoms with Crippen LogP contribution < -0.4 is 10.6 Å². The van der Waals surface area contributed by atoms with Crippen molar-refractivity contribution < 1.29 is 9.59 Å². The van der Waals surface area contributed by atoms with Crippen molar-refractivity contribution in [1.29, 1.82) is 0 Å². The van der Waals surface area contributed by atoms with Gasteiger partial charge in [-0.15, -0.1) is 12.4 Å². The molecular weight excluding hydrogens is 313 g/mol. The molecule has 1 aromatic rings. The maximum atomic E-state index is 12.0. The van der Waals surface area contributed by atoms with Crippen molar-refractivity contribution >= 4 is 35.8 Å². The number of benzene rings is 1. The van der Waals surface area contributed by atoms with Crippen LogP contribution in [-0.2, 0) is 4.79 Å². The molecule has 7 heteroatoms. The average molecular weight is 332 g/mol. The van der Waals surface area contributed by atoms with E-state index in [1.165, 1.54) is 0 Å². The van der Waals surface area contributed by atoms with Gasteiger partial charge in [0.1, 0.15) is 0 Å². The Balaban J connectivity index is 0.00000220. The first-order chi connectivity index (χ1) is 9.56. The highest BCUT2D eigenvalue weighted by atomic mass is 35.5. The second-order valence-corrected chi connectivity index (χ2v) is 5.32. The molecule has 2 rings (SSSR count). The third-order valence-corrected chi connectivity index (χ3v) is 3.44. The molecule has 0 spiro atoms. The third-order valence-electron chi connectivity index (χ3n) is 3.21. The number of amides is 2. The molecule has 2 amide bonds. The fraction of sp³-hybridized carbons (Fsp3) is 0.429. The number of hydrogen-bond acceptors (Lipinski definition) is 3. The molecule has 0 aromatic heterocycles. The summed E-state index contributed by atoms with van der Waals surface area (Å²) in [5.41, 5.74) is 0.457. The zero-order valence-corrected chi connectivity index (χ0v) is 13.3. The van der Waals surface area contributed by atoms with E-state index in [2.05, 4.69) is 10.6 Å². The van der Waals surface area contributed by atoms with E-state index < -0.39 is 0 Å². The first-order valence-electron chi connectivity index (χ1n) is 6.61. The van der Waals surface area contributed by atoms with Crippen molar-refractivity contribution in [2.24, 2.45) is 0 Å².